The Morgan fingerprint density at radius 3 is 2.67 bits per heavy atom. The number of hydrogen-bond donors (Lipinski definition) is 3. The van der Waals surface area contributed by atoms with Crippen LogP contribution >= 0.6 is 11.8 Å². The highest BCUT2D eigenvalue weighted by molar-refractivity contribution is 8.13. The van der Waals surface area contributed by atoms with Gasteiger partial charge >= 0.3 is 5.97 Å². The molecule has 10 heteroatoms. The number of aryl methyl sites for hydroxylation is 1. The maximum Gasteiger partial charge on any atom is 0.338 e. The van der Waals surface area contributed by atoms with Gasteiger partial charge in [0.15, 0.2) is 5.16 Å². The van der Waals surface area contributed by atoms with Crippen molar-refractivity contribution in [2.45, 2.75) is 81.9 Å². The number of ether oxygens (including phenoxy) is 1. The lowest BCUT2D eigenvalue weighted by Crippen LogP contribution is -2.46. The monoisotopic (exact) mass is 564 g/mol. The Bertz CT molecular complexity index is 1480. The summed E-state index contributed by atoms with van der Waals surface area (Å²) in [4.78, 5) is 32.4. The van der Waals surface area contributed by atoms with Crippen LogP contribution in [0.25, 0.3) is 0 Å². The normalized spacial score (nSPS) is 19.5. The first kappa shape index (κ1) is 29.3. The molecule has 1 aromatic carbocycles. The molecule has 4 rings (SSSR count). The summed E-state index contributed by atoms with van der Waals surface area (Å²) in [5.74, 6) is -1.26. The summed E-state index contributed by atoms with van der Waals surface area (Å²) in [6.07, 6.45) is 6.75. The maximum absolute atomic E-state index is 14.9. The number of aromatic amines is 1. The lowest BCUT2D eigenvalue weighted by atomic mass is 9.75. The number of thioether (sulfide) groups is 1. The van der Waals surface area contributed by atoms with Crippen molar-refractivity contribution in [1.82, 2.24) is 9.97 Å². The molecule has 1 aliphatic heterocycles. The number of halogens is 1. The van der Waals surface area contributed by atoms with Crippen molar-refractivity contribution >= 4 is 22.8 Å². The van der Waals surface area contributed by atoms with Gasteiger partial charge in [0.2, 0.25) is 0 Å². The number of esters is 1. The van der Waals surface area contributed by atoms with Crippen LogP contribution in [0.2, 0.25) is 0 Å². The number of nitrogens with zero attached hydrogens (tertiary/aromatic N) is 2. The molecule has 0 radical (unpaired) electrons. The molecule has 1 atom stereocenters. The van der Waals surface area contributed by atoms with Crippen LogP contribution in [-0.2, 0) is 27.8 Å². The van der Waals surface area contributed by atoms with Crippen molar-refractivity contribution in [2.75, 3.05) is 0 Å². The molecule has 0 amide bonds. The van der Waals surface area contributed by atoms with Gasteiger partial charge in [-0.05, 0) is 69.3 Å². The van der Waals surface area contributed by atoms with Gasteiger partial charge in [-0.3, -0.25) is 10.2 Å². The Morgan fingerprint density at radius 1 is 1.32 bits per heavy atom. The molecule has 0 fully saturated rings. The summed E-state index contributed by atoms with van der Waals surface area (Å²) in [7, 11) is 0. The van der Waals surface area contributed by atoms with Crippen LogP contribution < -0.4 is 5.56 Å². The Labute approximate surface area is 236 Å². The standard InChI is InChI=1S/C30H33FN4O4S/c1-4-25(33)40-28-34-20(15-26(37)35-28)14-21-24(36)16-30(39-27(21)38,19-7-5-6-8-19)12-11-18-9-10-22(23(31)13-18)29(2,3)17-32/h5-6,9-10,13,15,19,33,36H,4,7-8,11-12,14,16H2,1-3H3,(H,34,35,37). The van der Waals surface area contributed by atoms with E-state index in [0.717, 1.165) is 11.8 Å². The molecule has 0 spiro atoms. The second-order valence-corrected chi connectivity index (χ2v) is 11.9. The van der Waals surface area contributed by atoms with Crippen molar-refractivity contribution < 1.29 is 19.0 Å². The number of aliphatic hydroxyl groups excluding tert-OH is 1. The summed E-state index contributed by atoms with van der Waals surface area (Å²) >= 11 is 1.03. The number of H-pyrrole nitrogens is 1. The highest BCUT2D eigenvalue weighted by Gasteiger charge is 2.47. The molecule has 1 aliphatic carbocycles. The van der Waals surface area contributed by atoms with Crippen LogP contribution in [0, 0.1) is 28.5 Å². The summed E-state index contributed by atoms with van der Waals surface area (Å²) in [6, 6.07) is 8.23. The Morgan fingerprint density at radius 2 is 2.05 bits per heavy atom. The fraction of sp³-hybridized carbons (Fsp3) is 0.433. The number of aliphatic hydroxyl groups is 1. The van der Waals surface area contributed by atoms with Gasteiger partial charge in [-0.15, -0.1) is 0 Å². The quantitative estimate of drug-likeness (QED) is 0.0869. The molecule has 1 aromatic heterocycles. The minimum Gasteiger partial charge on any atom is -0.512 e. The number of benzene rings is 1. The van der Waals surface area contributed by atoms with E-state index >= 15 is 0 Å². The number of rotatable bonds is 9. The summed E-state index contributed by atoms with van der Waals surface area (Å²) < 4.78 is 21.0. The molecule has 0 saturated heterocycles. The molecular formula is C30H33FN4O4S. The number of nitriles is 1. The van der Waals surface area contributed by atoms with Gasteiger partial charge in [-0.25, -0.2) is 14.2 Å². The van der Waals surface area contributed by atoms with Crippen molar-refractivity contribution in [3.05, 3.63) is 80.7 Å². The van der Waals surface area contributed by atoms with Gasteiger partial charge in [0, 0.05) is 30.4 Å². The average Bonchev–Trinajstić information content (AvgIpc) is 3.45. The number of nitrogens with one attached hydrogen (secondary N) is 2. The van der Waals surface area contributed by atoms with E-state index in [-0.39, 0.29) is 35.2 Å². The molecule has 210 valence electrons. The van der Waals surface area contributed by atoms with E-state index in [4.69, 9.17) is 10.1 Å². The van der Waals surface area contributed by atoms with E-state index < -0.39 is 28.4 Å². The third-order valence-electron chi connectivity index (χ3n) is 7.60. The van der Waals surface area contributed by atoms with Gasteiger partial charge in [0.1, 0.15) is 17.2 Å². The van der Waals surface area contributed by atoms with Crippen LogP contribution in [0.15, 0.2) is 57.7 Å². The molecule has 40 heavy (non-hydrogen) atoms. The van der Waals surface area contributed by atoms with Crippen LogP contribution in [-0.4, -0.2) is 31.7 Å². The summed E-state index contributed by atoms with van der Waals surface area (Å²) in [5.41, 5.74) is -0.974. The molecule has 3 N–H and O–H groups in total. The fourth-order valence-electron chi connectivity index (χ4n) is 5.21. The zero-order chi connectivity index (χ0) is 29.1. The van der Waals surface area contributed by atoms with Gasteiger partial charge in [-0.2, -0.15) is 5.26 Å². The molecule has 2 heterocycles. The highest BCUT2D eigenvalue weighted by Crippen LogP contribution is 2.44. The Kier molecular flexibility index (Phi) is 8.64. The third kappa shape index (κ3) is 6.36. The Balaban J connectivity index is 1.57. The lowest BCUT2D eigenvalue weighted by molar-refractivity contribution is -0.167. The number of allylic oxidation sites excluding steroid dienone is 2. The van der Waals surface area contributed by atoms with Crippen molar-refractivity contribution in [3.8, 4) is 6.07 Å². The predicted molar refractivity (Wildman–Crippen MR) is 151 cm³/mol. The minimum absolute atomic E-state index is 0.0393. The number of aromatic nitrogens is 2. The number of cyclic esters (lactones) is 1. The van der Waals surface area contributed by atoms with Gasteiger partial charge < -0.3 is 14.8 Å². The largest absolute Gasteiger partial charge is 0.512 e. The van der Waals surface area contributed by atoms with E-state index in [9.17, 15) is 24.3 Å². The highest BCUT2D eigenvalue weighted by atomic mass is 32.2. The number of carbonyl (C=O) groups excluding carboxylic acids is 1. The second kappa shape index (κ2) is 11.8. The van der Waals surface area contributed by atoms with Crippen LogP contribution in [0.1, 0.15) is 69.7 Å². The van der Waals surface area contributed by atoms with Gasteiger partial charge in [0.25, 0.3) is 5.56 Å². The topological polar surface area (TPSA) is 140 Å². The third-order valence-corrected chi connectivity index (χ3v) is 8.53. The van der Waals surface area contributed by atoms with Gasteiger partial charge in [0.05, 0.1) is 27.8 Å². The van der Waals surface area contributed by atoms with E-state index in [1.165, 1.54) is 12.1 Å². The minimum atomic E-state index is -0.978. The van der Waals surface area contributed by atoms with Crippen LogP contribution in [0.4, 0.5) is 4.39 Å². The fourth-order valence-corrected chi connectivity index (χ4v) is 5.90. The first-order valence-electron chi connectivity index (χ1n) is 13.3. The SMILES string of the molecule is CCC(=N)Sc1nc(CC2=C(O)CC(CCc3ccc(C(C)(C)C#N)c(F)c3)(C3CC=CC3)OC2=O)cc(=O)[nH]1. The molecule has 0 bridgehead atoms. The number of carbonyl (C=O) groups is 1. The van der Waals surface area contributed by atoms with Gasteiger partial charge in [-0.1, -0.05) is 31.2 Å². The summed E-state index contributed by atoms with van der Waals surface area (Å²) in [6.45, 7) is 5.15. The zero-order valence-corrected chi connectivity index (χ0v) is 23.7. The molecule has 8 nitrogen and oxygen atoms in total. The number of hydrogen-bond acceptors (Lipinski definition) is 8. The first-order chi connectivity index (χ1) is 19.0. The van der Waals surface area contributed by atoms with Crippen LogP contribution in [0.5, 0.6) is 0 Å². The van der Waals surface area contributed by atoms with E-state index in [1.807, 2.05) is 19.1 Å². The molecular weight excluding hydrogens is 531 g/mol. The summed E-state index contributed by atoms with van der Waals surface area (Å²) in [5, 5.41) is 28.9. The Hall–Kier alpha value is -3.71. The zero-order valence-electron chi connectivity index (χ0n) is 22.8. The molecule has 2 aliphatic rings. The van der Waals surface area contributed by atoms with Crippen LogP contribution in [0.3, 0.4) is 0 Å². The first-order valence-corrected chi connectivity index (χ1v) is 14.1. The average molecular weight is 565 g/mol. The van der Waals surface area contributed by atoms with Crippen molar-refractivity contribution in [2.24, 2.45) is 5.92 Å². The maximum atomic E-state index is 14.9. The smallest absolute Gasteiger partial charge is 0.338 e. The molecule has 1 unspecified atom stereocenters. The second-order valence-electron chi connectivity index (χ2n) is 10.8. The van der Waals surface area contributed by atoms with Crippen molar-refractivity contribution in [1.29, 1.82) is 10.7 Å². The molecule has 0 saturated carbocycles. The van der Waals surface area contributed by atoms with E-state index in [1.54, 1.807) is 26.0 Å². The lowest BCUT2D eigenvalue weighted by Gasteiger charge is -2.42. The predicted octanol–water partition coefficient (Wildman–Crippen LogP) is 5.83. The van der Waals surface area contributed by atoms with E-state index in [2.05, 4.69) is 16.0 Å². The molecule has 2 aromatic rings. The van der Waals surface area contributed by atoms with E-state index in [0.29, 0.717) is 54.0 Å². The van der Waals surface area contributed by atoms with Crippen molar-refractivity contribution in [3.63, 3.8) is 0 Å².